The van der Waals surface area contributed by atoms with Crippen LogP contribution >= 0.6 is 11.8 Å². The second-order valence-corrected chi connectivity index (χ2v) is 6.51. The Bertz CT molecular complexity index is 920. The van der Waals surface area contributed by atoms with Crippen molar-refractivity contribution in [2.75, 3.05) is 26.6 Å². The molecule has 0 aliphatic carbocycles. The molecular weight excluding hydrogens is 368 g/mol. The van der Waals surface area contributed by atoms with Crippen molar-refractivity contribution in [2.45, 2.75) is 19.0 Å². The summed E-state index contributed by atoms with van der Waals surface area (Å²) >= 11 is 1.47. The van der Waals surface area contributed by atoms with Crippen molar-refractivity contribution in [2.24, 2.45) is 5.10 Å². The van der Waals surface area contributed by atoms with Gasteiger partial charge in [-0.3, -0.25) is 0 Å². The molecule has 0 N–H and O–H groups in total. The molecule has 0 radical (unpaired) electrons. The van der Waals surface area contributed by atoms with Crippen LogP contribution < -0.4 is 9.47 Å². The van der Waals surface area contributed by atoms with Gasteiger partial charge in [0.2, 0.25) is 5.16 Å². The van der Waals surface area contributed by atoms with E-state index >= 15 is 0 Å². The van der Waals surface area contributed by atoms with Crippen LogP contribution in [0.15, 0.2) is 34.0 Å². The molecule has 9 heteroatoms. The highest BCUT2D eigenvalue weighted by atomic mass is 32.2. The van der Waals surface area contributed by atoms with E-state index in [0.717, 1.165) is 5.56 Å². The SMILES string of the molecule is CCOC(=O)/C(=C/c1ccc(OC)c(OC)c1)C1=Nn2c(C)nnc2SC1. The van der Waals surface area contributed by atoms with E-state index in [-0.39, 0.29) is 6.61 Å². The van der Waals surface area contributed by atoms with E-state index in [2.05, 4.69) is 15.3 Å². The zero-order chi connectivity index (χ0) is 19.4. The summed E-state index contributed by atoms with van der Waals surface area (Å²) in [5.74, 6) is 1.91. The van der Waals surface area contributed by atoms with Crippen LogP contribution in [-0.4, -0.2) is 53.1 Å². The quantitative estimate of drug-likeness (QED) is 0.555. The van der Waals surface area contributed by atoms with Crippen LogP contribution in [0.25, 0.3) is 6.08 Å². The lowest BCUT2D eigenvalue weighted by Crippen LogP contribution is -2.21. The summed E-state index contributed by atoms with van der Waals surface area (Å²) < 4.78 is 17.5. The minimum absolute atomic E-state index is 0.277. The maximum Gasteiger partial charge on any atom is 0.340 e. The van der Waals surface area contributed by atoms with Gasteiger partial charge in [0.25, 0.3) is 0 Å². The molecule has 0 saturated carbocycles. The smallest absolute Gasteiger partial charge is 0.340 e. The number of aromatic nitrogens is 3. The zero-order valence-electron chi connectivity index (χ0n) is 15.6. The van der Waals surface area contributed by atoms with Crippen LogP contribution in [0.3, 0.4) is 0 Å². The third-order valence-corrected chi connectivity index (χ3v) is 4.78. The molecule has 142 valence electrons. The van der Waals surface area contributed by atoms with Gasteiger partial charge in [-0.05, 0) is 37.6 Å². The summed E-state index contributed by atoms with van der Waals surface area (Å²) in [5, 5.41) is 13.3. The number of carbonyl (C=O) groups is 1. The van der Waals surface area contributed by atoms with Crippen molar-refractivity contribution in [1.29, 1.82) is 0 Å². The van der Waals surface area contributed by atoms with Gasteiger partial charge >= 0.3 is 5.97 Å². The number of rotatable bonds is 6. The van der Waals surface area contributed by atoms with E-state index < -0.39 is 5.97 Å². The Morgan fingerprint density at radius 1 is 1.26 bits per heavy atom. The molecule has 1 aliphatic rings. The number of esters is 1. The van der Waals surface area contributed by atoms with Gasteiger partial charge in [0.1, 0.15) is 0 Å². The third-order valence-electron chi connectivity index (χ3n) is 3.85. The topological polar surface area (TPSA) is 87.8 Å². The van der Waals surface area contributed by atoms with Crippen LogP contribution in [0.4, 0.5) is 0 Å². The molecule has 27 heavy (non-hydrogen) atoms. The molecule has 1 aromatic carbocycles. The summed E-state index contributed by atoms with van der Waals surface area (Å²) in [6, 6.07) is 5.42. The van der Waals surface area contributed by atoms with Crippen LogP contribution in [0.5, 0.6) is 11.5 Å². The molecule has 0 fully saturated rings. The number of nitrogens with zero attached hydrogens (tertiary/aromatic N) is 4. The molecule has 0 saturated heterocycles. The second-order valence-electron chi connectivity index (χ2n) is 5.57. The molecule has 2 aromatic rings. The molecule has 2 heterocycles. The predicted molar refractivity (Wildman–Crippen MR) is 102 cm³/mol. The summed E-state index contributed by atoms with van der Waals surface area (Å²) in [6.07, 6.45) is 1.74. The molecule has 1 aliphatic heterocycles. The minimum atomic E-state index is -0.430. The Morgan fingerprint density at radius 3 is 2.74 bits per heavy atom. The maximum atomic E-state index is 12.6. The van der Waals surface area contributed by atoms with Gasteiger partial charge in [-0.1, -0.05) is 17.8 Å². The van der Waals surface area contributed by atoms with Gasteiger partial charge in [0, 0.05) is 5.75 Å². The fraction of sp³-hybridized carbons (Fsp3) is 0.333. The lowest BCUT2D eigenvalue weighted by molar-refractivity contribution is -0.137. The Hall–Kier alpha value is -2.81. The first-order valence-corrected chi connectivity index (χ1v) is 9.29. The molecule has 0 amide bonds. The van der Waals surface area contributed by atoms with Gasteiger partial charge in [0.15, 0.2) is 17.3 Å². The number of thioether (sulfide) groups is 1. The lowest BCUT2D eigenvalue weighted by Gasteiger charge is -2.15. The van der Waals surface area contributed by atoms with Crippen molar-refractivity contribution in [3.63, 3.8) is 0 Å². The van der Waals surface area contributed by atoms with E-state index in [1.165, 1.54) is 11.8 Å². The summed E-state index contributed by atoms with van der Waals surface area (Å²) in [4.78, 5) is 12.6. The van der Waals surface area contributed by atoms with E-state index in [9.17, 15) is 4.79 Å². The van der Waals surface area contributed by atoms with E-state index in [4.69, 9.17) is 14.2 Å². The maximum absolute atomic E-state index is 12.6. The van der Waals surface area contributed by atoms with Crippen LogP contribution in [0.2, 0.25) is 0 Å². The predicted octanol–water partition coefficient (Wildman–Crippen LogP) is 2.56. The molecule has 0 spiro atoms. The normalized spacial score (nSPS) is 13.6. The fourth-order valence-electron chi connectivity index (χ4n) is 2.54. The Labute approximate surface area is 161 Å². The summed E-state index contributed by atoms with van der Waals surface area (Å²) in [6.45, 7) is 3.86. The first-order valence-electron chi connectivity index (χ1n) is 8.31. The minimum Gasteiger partial charge on any atom is -0.493 e. The Balaban J connectivity index is 2.05. The standard InChI is InChI=1S/C18H20N4O4S/c1-5-26-17(23)13(8-12-6-7-15(24-3)16(9-12)25-4)14-10-27-18-20-19-11(2)22(18)21-14/h6-9H,5,10H2,1-4H3/b13-8+. The first-order chi connectivity index (χ1) is 13.1. The second kappa shape index (κ2) is 8.26. The van der Waals surface area contributed by atoms with Crippen LogP contribution in [0, 0.1) is 6.92 Å². The van der Waals surface area contributed by atoms with Gasteiger partial charge in [-0.2, -0.15) is 9.78 Å². The fourth-order valence-corrected chi connectivity index (χ4v) is 3.41. The van der Waals surface area contributed by atoms with E-state index in [1.807, 2.05) is 13.0 Å². The highest BCUT2D eigenvalue weighted by Gasteiger charge is 2.24. The summed E-state index contributed by atoms with van der Waals surface area (Å²) in [5.41, 5.74) is 1.76. The average Bonchev–Trinajstić information content (AvgIpc) is 3.06. The first kappa shape index (κ1) is 19.0. The van der Waals surface area contributed by atoms with E-state index in [0.29, 0.717) is 39.5 Å². The average molecular weight is 388 g/mol. The molecular formula is C18H20N4O4S. The number of hydrogen-bond acceptors (Lipinski definition) is 8. The number of fused-ring (bicyclic) bond motifs is 1. The Kier molecular flexibility index (Phi) is 5.80. The van der Waals surface area contributed by atoms with Crippen LogP contribution in [-0.2, 0) is 9.53 Å². The highest BCUT2D eigenvalue weighted by molar-refractivity contribution is 7.99. The number of ether oxygens (including phenoxy) is 3. The van der Waals surface area contributed by atoms with Crippen molar-refractivity contribution in [3.8, 4) is 11.5 Å². The molecule has 0 bridgehead atoms. The number of carbonyl (C=O) groups excluding carboxylic acids is 1. The molecule has 0 unspecified atom stereocenters. The number of benzene rings is 1. The number of hydrogen-bond donors (Lipinski definition) is 0. The van der Waals surface area contributed by atoms with Crippen molar-refractivity contribution < 1.29 is 19.0 Å². The van der Waals surface area contributed by atoms with Crippen LogP contribution in [0.1, 0.15) is 18.3 Å². The van der Waals surface area contributed by atoms with Gasteiger partial charge in [-0.25, -0.2) is 4.79 Å². The molecule has 1 aromatic heterocycles. The molecule has 3 rings (SSSR count). The number of aryl methyl sites for hydroxylation is 1. The Morgan fingerprint density at radius 2 is 2.04 bits per heavy atom. The molecule has 0 atom stereocenters. The van der Waals surface area contributed by atoms with Crippen molar-refractivity contribution in [1.82, 2.24) is 14.9 Å². The van der Waals surface area contributed by atoms with Gasteiger partial charge in [-0.15, -0.1) is 10.2 Å². The highest BCUT2D eigenvalue weighted by Crippen LogP contribution is 2.30. The zero-order valence-corrected chi connectivity index (χ0v) is 16.4. The van der Waals surface area contributed by atoms with Crippen molar-refractivity contribution >= 4 is 29.5 Å². The monoisotopic (exact) mass is 388 g/mol. The van der Waals surface area contributed by atoms with E-state index in [1.54, 1.807) is 44.0 Å². The largest absolute Gasteiger partial charge is 0.493 e. The lowest BCUT2D eigenvalue weighted by atomic mass is 10.1. The summed E-state index contributed by atoms with van der Waals surface area (Å²) in [7, 11) is 3.14. The molecule has 8 nitrogen and oxygen atoms in total. The van der Waals surface area contributed by atoms with Gasteiger partial charge in [0.05, 0.1) is 32.1 Å². The van der Waals surface area contributed by atoms with Crippen molar-refractivity contribution in [3.05, 3.63) is 35.2 Å². The third kappa shape index (κ3) is 3.97. The number of methoxy groups -OCH3 is 2. The van der Waals surface area contributed by atoms with Gasteiger partial charge < -0.3 is 14.2 Å².